The summed E-state index contributed by atoms with van der Waals surface area (Å²) >= 11 is 1.46. The molecule has 0 heterocycles. The summed E-state index contributed by atoms with van der Waals surface area (Å²) in [7, 11) is -3.83. The number of thioether (sulfide) groups is 1. The van der Waals surface area contributed by atoms with Crippen molar-refractivity contribution in [1.82, 2.24) is 0 Å². The van der Waals surface area contributed by atoms with E-state index in [1.54, 1.807) is 0 Å². The zero-order chi connectivity index (χ0) is 18.2. The minimum absolute atomic E-state index is 0.159. The van der Waals surface area contributed by atoms with Crippen molar-refractivity contribution in [2.45, 2.75) is 78.6 Å². The van der Waals surface area contributed by atoms with Crippen molar-refractivity contribution in [3.05, 3.63) is 0 Å². The van der Waals surface area contributed by atoms with Crippen molar-refractivity contribution in [2.75, 3.05) is 11.5 Å². The lowest BCUT2D eigenvalue weighted by Gasteiger charge is -2.34. The van der Waals surface area contributed by atoms with Gasteiger partial charge in [0.25, 0.3) is 10.1 Å². The number of rotatable bonds is 8. The van der Waals surface area contributed by atoms with Crippen LogP contribution >= 0.6 is 11.8 Å². The summed E-state index contributed by atoms with van der Waals surface area (Å²) < 4.78 is 29.9. The lowest BCUT2D eigenvalue weighted by Crippen LogP contribution is -2.30. The van der Waals surface area contributed by atoms with Crippen LogP contribution in [0.15, 0.2) is 0 Å². The predicted octanol–water partition coefficient (Wildman–Crippen LogP) is 4.94. The molecule has 0 aromatic heterocycles. The Hall–Kier alpha value is -0.0700. The van der Waals surface area contributed by atoms with Gasteiger partial charge in [0.05, 0.1) is 5.75 Å². The van der Waals surface area contributed by atoms with Gasteiger partial charge < -0.3 is 0 Å². The molecule has 4 nitrogen and oxygen atoms in total. The second-order valence-corrected chi connectivity index (χ2v) is 10.6. The number of hydrogen-bond donors (Lipinski definition) is 1. The largest absolute Gasteiger partial charge is 0.287 e. The van der Waals surface area contributed by atoms with Gasteiger partial charge in [-0.05, 0) is 43.9 Å². The fourth-order valence-corrected chi connectivity index (χ4v) is 5.50. The maximum Gasteiger partial charge on any atom is 0.264 e. The summed E-state index contributed by atoms with van der Waals surface area (Å²) in [6.45, 7) is 6.73. The lowest BCUT2D eigenvalue weighted by atomic mass is 9.73. The Morgan fingerprint density at radius 3 is 2.50 bits per heavy atom. The minimum Gasteiger partial charge on any atom is -0.287 e. The maximum atomic E-state index is 12.7. The normalized spacial score (nSPS) is 29.0. The van der Waals surface area contributed by atoms with Crippen LogP contribution in [0.3, 0.4) is 0 Å². The van der Waals surface area contributed by atoms with Gasteiger partial charge >= 0.3 is 0 Å². The van der Waals surface area contributed by atoms with Crippen LogP contribution in [0.25, 0.3) is 0 Å². The van der Waals surface area contributed by atoms with Crippen molar-refractivity contribution >= 4 is 27.0 Å². The molecule has 1 aliphatic rings. The summed E-state index contributed by atoms with van der Waals surface area (Å²) in [6, 6.07) is 0. The van der Waals surface area contributed by atoms with Gasteiger partial charge in [0.15, 0.2) is 5.12 Å². The smallest absolute Gasteiger partial charge is 0.264 e. The van der Waals surface area contributed by atoms with Gasteiger partial charge in [-0.15, -0.1) is 0 Å². The van der Waals surface area contributed by atoms with E-state index in [4.69, 9.17) is 4.55 Å². The van der Waals surface area contributed by atoms with Crippen molar-refractivity contribution in [2.24, 2.45) is 17.3 Å². The van der Waals surface area contributed by atoms with Crippen LogP contribution in [0.5, 0.6) is 0 Å². The average molecular weight is 379 g/mol. The second kappa shape index (κ2) is 10.2. The van der Waals surface area contributed by atoms with Crippen molar-refractivity contribution in [3.63, 3.8) is 0 Å². The van der Waals surface area contributed by atoms with Crippen LogP contribution in [-0.4, -0.2) is 29.6 Å². The number of hydrogen-bond acceptors (Lipinski definition) is 4. The van der Waals surface area contributed by atoms with E-state index in [1.165, 1.54) is 24.6 Å². The van der Waals surface area contributed by atoms with E-state index in [-0.39, 0.29) is 11.2 Å². The average Bonchev–Trinajstić information content (AvgIpc) is 2.43. The highest BCUT2D eigenvalue weighted by molar-refractivity contribution is 8.13. The number of unbranched alkanes of at least 4 members (excludes halogenated alkanes) is 3. The molecule has 1 rings (SSSR count). The Morgan fingerprint density at radius 1 is 1.17 bits per heavy atom. The van der Waals surface area contributed by atoms with Crippen molar-refractivity contribution in [1.29, 1.82) is 0 Å². The highest BCUT2D eigenvalue weighted by Gasteiger charge is 2.35. The summed E-state index contributed by atoms with van der Waals surface area (Å²) in [5.41, 5.74) is -0.185. The van der Waals surface area contributed by atoms with Gasteiger partial charge in [-0.25, -0.2) is 0 Å². The first-order valence-electron chi connectivity index (χ1n) is 9.25. The van der Waals surface area contributed by atoms with E-state index in [0.717, 1.165) is 50.2 Å². The molecule has 1 N–H and O–H groups in total. The second-order valence-electron chi connectivity index (χ2n) is 7.94. The molecule has 1 aliphatic carbocycles. The molecule has 6 heteroatoms. The Kier molecular flexibility index (Phi) is 9.31. The van der Waals surface area contributed by atoms with Crippen LogP contribution in [0.4, 0.5) is 0 Å². The first-order valence-corrected chi connectivity index (χ1v) is 11.8. The fourth-order valence-electron chi connectivity index (χ4n) is 3.86. The molecule has 0 aliphatic heterocycles. The quantitative estimate of drug-likeness (QED) is 0.478. The SMILES string of the molecule is CC1CCCC(C)(C(=O)SCCCCCCS(=O)(=O)O)C[C@@H](C)C1. The molecular formula is C18H34O4S2. The number of carbonyl (C=O) groups is 1. The molecular weight excluding hydrogens is 344 g/mol. The Morgan fingerprint density at radius 2 is 1.83 bits per heavy atom. The van der Waals surface area contributed by atoms with Gasteiger partial charge in [-0.3, -0.25) is 9.35 Å². The molecule has 0 radical (unpaired) electrons. The van der Waals surface area contributed by atoms with E-state index in [9.17, 15) is 13.2 Å². The molecule has 142 valence electrons. The molecule has 0 amide bonds. The van der Waals surface area contributed by atoms with Crippen LogP contribution in [0, 0.1) is 17.3 Å². The van der Waals surface area contributed by atoms with Gasteiger partial charge in [0, 0.05) is 11.2 Å². The van der Waals surface area contributed by atoms with Crippen LogP contribution < -0.4 is 0 Å². The highest BCUT2D eigenvalue weighted by atomic mass is 32.2. The molecule has 0 aromatic rings. The van der Waals surface area contributed by atoms with E-state index >= 15 is 0 Å². The van der Waals surface area contributed by atoms with Crippen LogP contribution in [0.1, 0.15) is 78.6 Å². The summed E-state index contributed by atoms with van der Waals surface area (Å²) in [5.74, 6) is 2.03. The predicted molar refractivity (Wildman–Crippen MR) is 102 cm³/mol. The summed E-state index contributed by atoms with van der Waals surface area (Å²) in [4.78, 5) is 12.7. The molecule has 1 saturated carbocycles. The fraction of sp³-hybridized carbons (Fsp3) is 0.944. The van der Waals surface area contributed by atoms with Gasteiger partial charge in [0.1, 0.15) is 0 Å². The standard InChI is InChI=1S/C18H34O4S2/c1-15-9-8-10-18(3,14-16(2)13-15)17(19)23-11-6-4-5-7-12-24(20,21)22/h15-16H,4-14H2,1-3H3,(H,20,21,22)/t15?,16-,18?/m0/s1. The molecule has 3 atom stereocenters. The summed E-state index contributed by atoms with van der Waals surface area (Å²) in [6.07, 6.45) is 8.69. The Labute approximate surface area is 152 Å². The molecule has 0 bridgehead atoms. The maximum absolute atomic E-state index is 12.7. The first-order chi connectivity index (χ1) is 11.1. The zero-order valence-electron chi connectivity index (χ0n) is 15.4. The first kappa shape index (κ1) is 22.0. The van der Waals surface area contributed by atoms with Crippen LogP contribution in [-0.2, 0) is 14.9 Å². The van der Waals surface area contributed by atoms with Crippen LogP contribution in [0.2, 0.25) is 0 Å². The van der Waals surface area contributed by atoms with Crippen molar-refractivity contribution in [3.8, 4) is 0 Å². The highest BCUT2D eigenvalue weighted by Crippen LogP contribution is 2.41. The molecule has 0 aromatic carbocycles. The Balaban J connectivity index is 2.28. The van der Waals surface area contributed by atoms with Gasteiger partial charge in [0.2, 0.25) is 0 Å². The lowest BCUT2D eigenvalue weighted by molar-refractivity contribution is -0.120. The molecule has 2 unspecified atom stereocenters. The van der Waals surface area contributed by atoms with E-state index < -0.39 is 10.1 Å². The summed E-state index contributed by atoms with van der Waals surface area (Å²) in [5, 5.41) is 0.335. The van der Waals surface area contributed by atoms with Gasteiger partial charge in [-0.2, -0.15) is 8.42 Å². The van der Waals surface area contributed by atoms with Gasteiger partial charge in [-0.1, -0.05) is 58.2 Å². The third kappa shape index (κ3) is 8.86. The molecule has 24 heavy (non-hydrogen) atoms. The zero-order valence-corrected chi connectivity index (χ0v) is 17.1. The van der Waals surface area contributed by atoms with Crippen molar-refractivity contribution < 1.29 is 17.8 Å². The molecule has 0 spiro atoms. The third-order valence-electron chi connectivity index (χ3n) is 5.05. The Bertz CT molecular complexity index is 489. The third-order valence-corrected chi connectivity index (χ3v) is 7.10. The van der Waals surface area contributed by atoms with E-state index in [0.29, 0.717) is 17.5 Å². The van der Waals surface area contributed by atoms with E-state index in [1.807, 2.05) is 0 Å². The molecule has 0 saturated heterocycles. The monoisotopic (exact) mass is 378 g/mol. The van der Waals surface area contributed by atoms with E-state index in [2.05, 4.69) is 20.8 Å². The minimum atomic E-state index is -3.83. The topological polar surface area (TPSA) is 71.4 Å². The number of carbonyl (C=O) groups excluding carboxylic acids is 1. The molecule has 1 fully saturated rings.